The lowest BCUT2D eigenvalue weighted by molar-refractivity contribution is -0.142. The number of amides is 2. The van der Waals surface area contributed by atoms with Gasteiger partial charge in [0, 0.05) is 26.2 Å². The van der Waals surface area contributed by atoms with Crippen LogP contribution in [0.4, 0.5) is 4.79 Å². The molecule has 3 unspecified atom stereocenters. The quantitative estimate of drug-likeness (QED) is 0.772. The molecule has 0 aromatic carbocycles. The van der Waals surface area contributed by atoms with Gasteiger partial charge in [0.15, 0.2) is 0 Å². The zero-order valence-electron chi connectivity index (χ0n) is 11.5. The lowest BCUT2D eigenvalue weighted by atomic mass is 10.0. The molecule has 108 valence electrons. The number of likely N-dealkylation sites (tertiary alicyclic amines) is 1. The summed E-state index contributed by atoms with van der Waals surface area (Å²) in [5, 5.41) is 9.27. The second-order valence-corrected chi connectivity index (χ2v) is 5.51. The van der Waals surface area contributed by atoms with E-state index in [1.165, 1.54) is 4.90 Å². The molecule has 6 nitrogen and oxygen atoms in total. The van der Waals surface area contributed by atoms with Crippen molar-refractivity contribution in [3.8, 4) is 0 Å². The van der Waals surface area contributed by atoms with E-state index in [0.29, 0.717) is 26.2 Å². The minimum absolute atomic E-state index is 0.00903. The summed E-state index contributed by atoms with van der Waals surface area (Å²) in [4.78, 5) is 27.0. The molecule has 0 saturated carbocycles. The summed E-state index contributed by atoms with van der Waals surface area (Å²) < 4.78 is 5.51. The molecule has 0 aromatic heterocycles. The van der Waals surface area contributed by atoms with Gasteiger partial charge in [-0.15, -0.1) is 0 Å². The molecule has 2 aliphatic heterocycles. The predicted octanol–water partition coefficient (Wildman–Crippen LogP) is 1.01. The van der Waals surface area contributed by atoms with Crippen LogP contribution in [0.5, 0.6) is 0 Å². The third kappa shape index (κ3) is 3.00. The molecule has 0 aromatic rings. The molecule has 2 amide bonds. The molecule has 2 fully saturated rings. The van der Waals surface area contributed by atoms with Crippen molar-refractivity contribution in [3.63, 3.8) is 0 Å². The molecule has 0 radical (unpaired) electrons. The average molecular weight is 270 g/mol. The van der Waals surface area contributed by atoms with Gasteiger partial charge in [-0.3, -0.25) is 0 Å². The van der Waals surface area contributed by atoms with Crippen LogP contribution in [0.3, 0.4) is 0 Å². The largest absolute Gasteiger partial charge is 0.480 e. The van der Waals surface area contributed by atoms with Crippen LogP contribution in [0, 0.1) is 5.92 Å². The van der Waals surface area contributed by atoms with E-state index in [2.05, 4.69) is 0 Å². The van der Waals surface area contributed by atoms with Crippen LogP contribution in [-0.4, -0.2) is 65.3 Å². The number of hydrogen-bond acceptors (Lipinski definition) is 3. The maximum absolute atomic E-state index is 12.5. The molecule has 19 heavy (non-hydrogen) atoms. The molecule has 6 heteroatoms. The third-order valence-corrected chi connectivity index (χ3v) is 3.92. The van der Waals surface area contributed by atoms with Gasteiger partial charge in [0.1, 0.15) is 6.04 Å². The monoisotopic (exact) mass is 270 g/mol. The Morgan fingerprint density at radius 3 is 2.68 bits per heavy atom. The number of carbonyl (C=O) groups excluding carboxylic acids is 1. The van der Waals surface area contributed by atoms with Crippen LogP contribution in [0.15, 0.2) is 0 Å². The van der Waals surface area contributed by atoms with Crippen LogP contribution < -0.4 is 0 Å². The molecule has 0 spiro atoms. The summed E-state index contributed by atoms with van der Waals surface area (Å²) in [7, 11) is 0. The Hall–Kier alpha value is -1.30. The Labute approximate surface area is 113 Å². The Bertz CT molecular complexity index is 361. The minimum Gasteiger partial charge on any atom is -0.480 e. The first-order chi connectivity index (χ1) is 9.00. The summed E-state index contributed by atoms with van der Waals surface area (Å²) >= 11 is 0. The zero-order chi connectivity index (χ0) is 14.0. The number of hydrogen-bond donors (Lipinski definition) is 1. The van der Waals surface area contributed by atoms with Crippen molar-refractivity contribution >= 4 is 12.0 Å². The van der Waals surface area contributed by atoms with Gasteiger partial charge >= 0.3 is 12.0 Å². The van der Waals surface area contributed by atoms with Gasteiger partial charge in [0.25, 0.3) is 0 Å². The molecule has 2 saturated heterocycles. The van der Waals surface area contributed by atoms with Gasteiger partial charge in [-0.2, -0.15) is 0 Å². The second kappa shape index (κ2) is 5.77. The van der Waals surface area contributed by atoms with Gasteiger partial charge in [0.05, 0.1) is 6.10 Å². The van der Waals surface area contributed by atoms with Gasteiger partial charge in [-0.05, 0) is 25.7 Å². The number of carboxylic acids is 1. The van der Waals surface area contributed by atoms with E-state index in [1.54, 1.807) is 4.90 Å². The van der Waals surface area contributed by atoms with Crippen molar-refractivity contribution in [1.29, 1.82) is 0 Å². The van der Waals surface area contributed by atoms with Crippen molar-refractivity contribution < 1.29 is 19.4 Å². The molecule has 2 aliphatic rings. The number of urea groups is 1. The normalized spacial score (nSPS) is 32.2. The van der Waals surface area contributed by atoms with Crippen LogP contribution in [0.25, 0.3) is 0 Å². The molecule has 1 N–H and O–H groups in total. The highest BCUT2D eigenvalue weighted by Gasteiger charge is 2.41. The molecule has 2 heterocycles. The van der Waals surface area contributed by atoms with Crippen molar-refractivity contribution in [2.75, 3.05) is 26.2 Å². The van der Waals surface area contributed by atoms with Crippen molar-refractivity contribution in [2.45, 2.75) is 38.8 Å². The van der Waals surface area contributed by atoms with Crippen molar-refractivity contribution in [1.82, 2.24) is 9.80 Å². The smallest absolute Gasteiger partial charge is 0.326 e. The number of carbonyl (C=O) groups is 2. The second-order valence-electron chi connectivity index (χ2n) is 5.51. The maximum Gasteiger partial charge on any atom is 0.326 e. The summed E-state index contributed by atoms with van der Waals surface area (Å²) in [6.07, 6.45) is 1.56. The molecular formula is C13H22N2O4. The van der Waals surface area contributed by atoms with E-state index >= 15 is 0 Å². The van der Waals surface area contributed by atoms with Gasteiger partial charge < -0.3 is 19.6 Å². The maximum atomic E-state index is 12.5. The molecule has 2 rings (SSSR count). The minimum atomic E-state index is -0.905. The van der Waals surface area contributed by atoms with Crippen molar-refractivity contribution in [3.05, 3.63) is 0 Å². The summed E-state index contributed by atoms with van der Waals surface area (Å²) in [6, 6.07) is -0.846. The third-order valence-electron chi connectivity index (χ3n) is 3.92. The Morgan fingerprint density at radius 2 is 2.00 bits per heavy atom. The van der Waals surface area contributed by atoms with Gasteiger partial charge in [-0.1, -0.05) is 6.92 Å². The lowest BCUT2D eigenvalue weighted by Crippen LogP contribution is -2.50. The Kier molecular flexibility index (Phi) is 4.29. The van der Waals surface area contributed by atoms with E-state index in [1.807, 2.05) is 13.8 Å². The fourth-order valence-corrected chi connectivity index (χ4v) is 2.89. The first-order valence-corrected chi connectivity index (χ1v) is 6.90. The average Bonchev–Trinajstić information content (AvgIpc) is 2.60. The number of nitrogens with zero attached hydrogens (tertiary/aromatic N) is 2. The summed E-state index contributed by atoms with van der Waals surface area (Å²) in [5.41, 5.74) is 0. The van der Waals surface area contributed by atoms with E-state index in [-0.39, 0.29) is 18.1 Å². The van der Waals surface area contributed by atoms with Crippen LogP contribution in [0.1, 0.15) is 26.7 Å². The first kappa shape index (κ1) is 14.1. The number of aliphatic carboxylic acids is 1. The highest BCUT2D eigenvalue weighted by molar-refractivity contribution is 5.83. The highest BCUT2D eigenvalue weighted by atomic mass is 16.5. The molecular weight excluding hydrogens is 248 g/mol. The molecule has 0 aliphatic carbocycles. The van der Waals surface area contributed by atoms with Gasteiger partial charge in [0.2, 0.25) is 0 Å². The van der Waals surface area contributed by atoms with E-state index in [0.717, 1.165) is 12.8 Å². The number of ether oxygens (including phenoxy) is 1. The SMILES string of the molecule is CC1CN(C(=O)N2CCC(C)C2C(=O)O)CCCO1. The topological polar surface area (TPSA) is 70.1 Å². The lowest BCUT2D eigenvalue weighted by Gasteiger charge is -2.30. The van der Waals surface area contributed by atoms with Crippen LogP contribution in [-0.2, 0) is 9.53 Å². The standard InChI is InChI=1S/C13H22N2O4/c1-9-4-6-15(11(9)12(16)17)13(18)14-5-3-7-19-10(2)8-14/h9-11H,3-8H2,1-2H3,(H,16,17). The van der Waals surface area contributed by atoms with Gasteiger partial charge in [-0.25, -0.2) is 9.59 Å². The fraction of sp³-hybridized carbons (Fsp3) is 0.846. The predicted molar refractivity (Wildman–Crippen MR) is 68.9 cm³/mol. The van der Waals surface area contributed by atoms with E-state index < -0.39 is 12.0 Å². The zero-order valence-corrected chi connectivity index (χ0v) is 11.5. The van der Waals surface area contributed by atoms with E-state index in [4.69, 9.17) is 4.74 Å². The van der Waals surface area contributed by atoms with E-state index in [9.17, 15) is 14.7 Å². The first-order valence-electron chi connectivity index (χ1n) is 6.90. The van der Waals surface area contributed by atoms with Crippen LogP contribution in [0.2, 0.25) is 0 Å². The Balaban J connectivity index is 2.07. The fourth-order valence-electron chi connectivity index (χ4n) is 2.89. The van der Waals surface area contributed by atoms with Crippen molar-refractivity contribution in [2.24, 2.45) is 5.92 Å². The van der Waals surface area contributed by atoms with Crippen LogP contribution >= 0.6 is 0 Å². The molecule has 0 bridgehead atoms. The summed E-state index contributed by atoms with van der Waals surface area (Å²) in [6.45, 7) is 6.19. The summed E-state index contributed by atoms with van der Waals surface area (Å²) in [5.74, 6) is -0.889. The number of rotatable bonds is 1. The Morgan fingerprint density at radius 1 is 1.26 bits per heavy atom. The number of carboxylic acid groups (broad SMARTS) is 1. The molecule has 3 atom stereocenters. The highest BCUT2D eigenvalue weighted by Crippen LogP contribution is 2.25.